The topological polar surface area (TPSA) is 115 Å². The van der Waals surface area contributed by atoms with Crippen LogP contribution in [-0.4, -0.2) is 15.8 Å². The molecule has 2 aromatic carbocycles. The van der Waals surface area contributed by atoms with Crippen molar-refractivity contribution in [2.75, 3.05) is 5.32 Å². The molecule has 0 fully saturated rings. The van der Waals surface area contributed by atoms with Crippen LogP contribution in [0.25, 0.3) is 0 Å². The molecule has 0 saturated carbocycles. The van der Waals surface area contributed by atoms with Gasteiger partial charge in [-0.2, -0.15) is 8.78 Å². The molecule has 0 aliphatic rings. The van der Waals surface area contributed by atoms with Crippen molar-refractivity contribution in [2.45, 2.75) is 0 Å². The number of halogens is 2. The Kier molecular flexibility index (Phi) is 4.25. The van der Waals surface area contributed by atoms with Crippen LogP contribution in [0.1, 0.15) is 10.4 Å². The number of nitro groups is 2. The molecule has 0 radical (unpaired) electrons. The molecule has 8 nitrogen and oxygen atoms in total. The van der Waals surface area contributed by atoms with Crippen molar-refractivity contribution in [3.05, 3.63) is 73.8 Å². The molecule has 2 rings (SSSR count). The van der Waals surface area contributed by atoms with Gasteiger partial charge in [0.05, 0.1) is 9.85 Å². The Morgan fingerprint density at radius 3 is 2.00 bits per heavy atom. The first-order valence-corrected chi connectivity index (χ1v) is 5.99. The zero-order valence-electron chi connectivity index (χ0n) is 11.2. The number of carbonyl (C=O) groups excluding carboxylic acids is 1. The highest BCUT2D eigenvalue weighted by molar-refractivity contribution is 6.04. The molecule has 0 aromatic heterocycles. The Morgan fingerprint density at radius 2 is 1.43 bits per heavy atom. The van der Waals surface area contributed by atoms with E-state index in [2.05, 4.69) is 5.32 Å². The van der Waals surface area contributed by atoms with E-state index >= 15 is 0 Å². The fraction of sp³-hybridized carbons (Fsp3) is 0. The number of nitrogens with one attached hydrogen (secondary N) is 1. The van der Waals surface area contributed by atoms with Crippen molar-refractivity contribution in [2.24, 2.45) is 0 Å². The number of nitro benzene ring substituents is 2. The number of carbonyl (C=O) groups is 1. The molecular formula is C13H7F2N3O5. The van der Waals surface area contributed by atoms with Crippen LogP contribution in [0.2, 0.25) is 0 Å². The van der Waals surface area contributed by atoms with Gasteiger partial charge in [-0.25, -0.2) is 0 Å². The summed E-state index contributed by atoms with van der Waals surface area (Å²) in [5.74, 6) is -3.05. The third kappa shape index (κ3) is 3.43. The zero-order chi connectivity index (χ0) is 17.1. The molecule has 0 aliphatic carbocycles. The largest absolute Gasteiger partial charge is 0.322 e. The quantitative estimate of drug-likeness (QED) is 0.686. The minimum absolute atomic E-state index is 0.0879. The van der Waals surface area contributed by atoms with Crippen LogP contribution in [0.3, 0.4) is 0 Å². The van der Waals surface area contributed by atoms with E-state index in [-0.39, 0.29) is 11.3 Å². The molecular weight excluding hydrogens is 316 g/mol. The molecule has 1 amide bonds. The van der Waals surface area contributed by atoms with Gasteiger partial charge >= 0.3 is 11.4 Å². The smallest absolute Gasteiger partial charge is 0.306 e. The van der Waals surface area contributed by atoms with Gasteiger partial charge in [0.15, 0.2) is 0 Å². The Bertz CT molecular complexity index is 825. The minimum atomic E-state index is -1.11. The average Bonchev–Trinajstić information content (AvgIpc) is 2.49. The highest BCUT2D eigenvalue weighted by atomic mass is 19.1. The van der Waals surface area contributed by atoms with Crippen LogP contribution in [0.4, 0.5) is 25.8 Å². The van der Waals surface area contributed by atoms with Gasteiger partial charge in [-0.3, -0.25) is 25.0 Å². The summed E-state index contributed by atoms with van der Waals surface area (Å²) >= 11 is 0. The Hall–Kier alpha value is -3.43. The molecule has 0 aliphatic heterocycles. The van der Waals surface area contributed by atoms with Gasteiger partial charge in [0.2, 0.25) is 11.6 Å². The van der Waals surface area contributed by atoms with Gasteiger partial charge in [0.1, 0.15) is 0 Å². The summed E-state index contributed by atoms with van der Waals surface area (Å²) in [6.07, 6.45) is 0. The van der Waals surface area contributed by atoms with Crippen molar-refractivity contribution in [3.63, 3.8) is 0 Å². The second-order valence-electron chi connectivity index (χ2n) is 4.30. The maximum Gasteiger partial charge on any atom is 0.306 e. The van der Waals surface area contributed by atoms with Gasteiger partial charge in [-0.05, 0) is 24.3 Å². The Labute approximate surface area is 126 Å². The van der Waals surface area contributed by atoms with Crippen molar-refractivity contribution < 1.29 is 23.4 Å². The molecule has 118 valence electrons. The average molecular weight is 323 g/mol. The van der Waals surface area contributed by atoms with E-state index in [1.165, 1.54) is 0 Å². The predicted molar refractivity (Wildman–Crippen MR) is 74.1 cm³/mol. The summed E-state index contributed by atoms with van der Waals surface area (Å²) in [6, 6.07) is 5.16. The summed E-state index contributed by atoms with van der Waals surface area (Å²) in [7, 11) is 0. The van der Waals surface area contributed by atoms with Gasteiger partial charge in [0, 0.05) is 23.4 Å². The Morgan fingerprint density at radius 1 is 0.913 bits per heavy atom. The first-order chi connectivity index (χ1) is 10.8. The van der Waals surface area contributed by atoms with Crippen molar-refractivity contribution in [3.8, 4) is 0 Å². The molecule has 23 heavy (non-hydrogen) atoms. The van der Waals surface area contributed by atoms with E-state index in [1.807, 2.05) is 0 Å². The van der Waals surface area contributed by atoms with Crippen LogP contribution < -0.4 is 5.32 Å². The van der Waals surface area contributed by atoms with Crippen LogP contribution in [0.15, 0.2) is 36.4 Å². The molecule has 0 spiro atoms. The fourth-order valence-corrected chi connectivity index (χ4v) is 1.73. The highest BCUT2D eigenvalue weighted by Crippen LogP contribution is 2.23. The summed E-state index contributed by atoms with van der Waals surface area (Å²) in [5.41, 5.74) is -2.05. The van der Waals surface area contributed by atoms with Gasteiger partial charge in [-0.1, -0.05) is 0 Å². The number of hydrogen-bond donors (Lipinski definition) is 1. The van der Waals surface area contributed by atoms with Gasteiger partial charge < -0.3 is 5.32 Å². The fourth-order valence-electron chi connectivity index (χ4n) is 1.73. The minimum Gasteiger partial charge on any atom is -0.322 e. The first-order valence-electron chi connectivity index (χ1n) is 5.99. The predicted octanol–water partition coefficient (Wildman–Crippen LogP) is 3.03. The molecule has 0 bridgehead atoms. The lowest BCUT2D eigenvalue weighted by Gasteiger charge is -2.05. The SMILES string of the molecule is O=C(Nc1ccc(F)c([N+](=O)[O-])c1)c1ccc(F)c([N+](=O)[O-])c1. The van der Waals surface area contributed by atoms with Crippen LogP contribution in [-0.2, 0) is 0 Å². The van der Waals surface area contributed by atoms with E-state index in [0.29, 0.717) is 0 Å². The summed E-state index contributed by atoms with van der Waals surface area (Å²) in [4.78, 5) is 31.2. The summed E-state index contributed by atoms with van der Waals surface area (Å²) in [5, 5.41) is 23.5. The molecule has 10 heteroatoms. The molecule has 0 unspecified atom stereocenters. The number of hydrogen-bond acceptors (Lipinski definition) is 5. The molecule has 2 aromatic rings. The summed E-state index contributed by atoms with van der Waals surface area (Å²) in [6.45, 7) is 0. The second-order valence-corrected chi connectivity index (χ2v) is 4.30. The summed E-state index contributed by atoms with van der Waals surface area (Å²) < 4.78 is 26.4. The monoisotopic (exact) mass is 323 g/mol. The highest BCUT2D eigenvalue weighted by Gasteiger charge is 2.19. The molecule has 0 saturated heterocycles. The van der Waals surface area contributed by atoms with Crippen LogP contribution >= 0.6 is 0 Å². The van der Waals surface area contributed by atoms with Crippen LogP contribution in [0, 0.1) is 31.9 Å². The van der Waals surface area contributed by atoms with E-state index in [1.54, 1.807) is 0 Å². The number of rotatable bonds is 4. The third-order valence-corrected chi connectivity index (χ3v) is 2.81. The van der Waals surface area contributed by atoms with Crippen LogP contribution in [0.5, 0.6) is 0 Å². The zero-order valence-corrected chi connectivity index (χ0v) is 11.2. The van der Waals surface area contributed by atoms with E-state index in [4.69, 9.17) is 0 Å². The normalized spacial score (nSPS) is 10.2. The molecule has 0 heterocycles. The van der Waals surface area contributed by atoms with Crippen molar-refractivity contribution in [1.82, 2.24) is 0 Å². The van der Waals surface area contributed by atoms with E-state index in [0.717, 1.165) is 36.4 Å². The standard InChI is InChI=1S/C13H7F2N3O5/c14-9-3-1-7(5-11(9)17(20)21)13(19)16-8-2-4-10(15)12(6-8)18(22)23/h1-6H,(H,16,19). The van der Waals surface area contributed by atoms with E-state index < -0.39 is 38.8 Å². The Balaban J connectivity index is 2.29. The second kappa shape index (κ2) is 6.13. The maximum atomic E-state index is 13.2. The first kappa shape index (κ1) is 15.9. The molecule has 1 N–H and O–H groups in total. The lowest BCUT2D eigenvalue weighted by Crippen LogP contribution is -2.12. The lowest BCUT2D eigenvalue weighted by molar-refractivity contribution is -0.387. The third-order valence-electron chi connectivity index (χ3n) is 2.81. The van der Waals surface area contributed by atoms with Gasteiger partial charge in [-0.15, -0.1) is 0 Å². The van der Waals surface area contributed by atoms with Crippen molar-refractivity contribution >= 4 is 23.0 Å². The lowest BCUT2D eigenvalue weighted by atomic mass is 10.1. The van der Waals surface area contributed by atoms with Crippen molar-refractivity contribution in [1.29, 1.82) is 0 Å². The van der Waals surface area contributed by atoms with E-state index in [9.17, 15) is 33.8 Å². The number of amides is 1. The van der Waals surface area contributed by atoms with Gasteiger partial charge in [0.25, 0.3) is 5.91 Å². The number of benzene rings is 2. The number of nitrogens with zero attached hydrogens (tertiary/aromatic N) is 2. The molecule has 0 atom stereocenters. The maximum absolute atomic E-state index is 13.2. The number of anilines is 1.